The second kappa shape index (κ2) is 10.3. The smallest absolute Gasteiger partial charge is 0.236 e. The number of para-hydroxylation sites is 1. The zero-order valence-electron chi connectivity index (χ0n) is 17.2. The molecule has 4 aromatic rings. The molecule has 32 heavy (non-hydrogen) atoms. The number of allylic oxidation sites excluding steroid dienone is 1. The summed E-state index contributed by atoms with van der Waals surface area (Å²) < 4.78 is 9.94. The van der Waals surface area contributed by atoms with E-state index >= 15 is 0 Å². The molecule has 0 fully saturated rings. The van der Waals surface area contributed by atoms with Crippen LogP contribution in [0, 0.1) is 0 Å². The molecule has 0 spiro atoms. The number of carbonyl (C=O) groups excluding carboxylic acids is 1. The molecule has 1 atom stereocenters. The third-order valence-corrected chi connectivity index (χ3v) is 6.87. The standard InChI is InChI=1S/C22H20BrN5O2S2/c1-3-12-28-20(14(2)30-16-10-8-15(23)9-11-16)26-27-22(28)31-13-19(29)25-21-24-17-6-4-5-7-18(17)32-21/h3-11,14H,1,12-13H2,2H3,(H,24,25,29). The lowest BCUT2D eigenvalue weighted by atomic mass is 10.3. The first kappa shape index (κ1) is 22.5. The topological polar surface area (TPSA) is 81.9 Å². The summed E-state index contributed by atoms with van der Waals surface area (Å²) in [5.74, 6) is 1.44. The number of thiazole rings is 1. The van der Waals surface area contributed by atoms with Crippen LogP contribution in [0.4, 0.5) is 5.13 Å². The van der Waals surface area contributed by atoms with Crippen LogP contribution in [0.5, 0.6) is 5.75 Å². The minimum Gasteiger partial charge on any atom is -0.483 e. The molecule has 2 aromatic heterocycles. The van der Waals surface area contributed by atoms with Crippen molar-refractivity contribution in [1.29, 1.82) is 0 Å². The molecular formula is C22H20BrN5O2S2. The fraction of sp³-hybridized carbons (Fsp3) is 0.182. The first-order chi connectivity index (χ1) is 15.5. The van der Waals surface area contributed by atoms with E-state index in [2.05, 4.69) is 43.0 Å². The van der Waals surface area contributed by atoms with Crippen LogP contribution < -0.4 is 10.1 Å². The van der Waals surface area contributed by atoms with Gasteiger partial charge in [0.25, 0.3) is 0 Å². The molecule has 0 aliphatic rings. The molecule has 0 aliphatic heterocycles. The van der Waals surface area contributed by atoms with Crippen molar-refractivity contribution in [2.75, 3.05) is 11.1 Å². The molecule has 4 rings (SSSR count). The molecule has 2 aromatic carbocycles. The number of nitrogens with zero attached hydrogens (tertiary/aromatic N) is 4. The monoisotopic (exact) mass is 529 g/mol. The summed E-state index contributed by atoms with van der Waals surface area (Å²) in [5.41, 5.74) is 0.871. The maximum absolute atomic E-state index is 12.5. The number of aromatic nitrogens is 4. The van der Waals surface area contributed by atoms with Gasteiger partial charge in [0.15, 0.2) is 22.2 Å². The first-order valence-corrected chi connectivity index (χ1v) is 12.4. The van der Waals surface area contributed by atoms with Crippen molar-refractivity contribution in [3.05, 3.63) is 71.5 Å². The highest BCUT2D eigenvalue weighted by atomic mass is 79.9. The highest BCUT2D eigenvalue weighted by Gasteiger charge is 2.20. The van der Waals surface area contributed by atoms with Gasteiger partial charge in [-0.25, -0.2) is 4.98 Å². The molecule has 0 aliphatic carbocycles. The quantitative estimate of drug-likeness (QED) is 0.221. The van der Waals surface area contributed by atoms with Crippen molar-refractivity contribution in [2.24, 2.45) is 0 Å². The van der Waals surface area contributed by atoms with Gasteiger partial charge in [0.05, 0.1) is 16.0 Å². The number of amides is 1. The largest absolute Gasteiger partial charge is 0.483 e. The van der Waals surface area contributed by atoms with Gasteiger partial charge in [0.1, 0.15) is 5.75 Å². The van der Waals surface area contributed by atoms with Gasteiger partial charge in [0.2, 0.25) is 5.91 Å². The van der Waals surface area contributed by atoms with Crippen molar-refractivity contribution < 1.29 is 9.53 Å². The van der Waals surface area contributed by atoms with Gasteiger partial charge in [-0.15, -0.1) is 16.8 Å². The molecule has 0 saturated heterocycles. The summed E-state index contributed by atoms with van der Waals surface area (Å²) in [6, 6.07) is 15.4. The average molecular weight is 530 g/mol. The van der Waals surface area contributed by atoms with E-state index in [0.29, 0.717) is 22.7 Å². The molecule has 2 heterocycles. The molecule has 0 radical (unpaired) electrons. The number of anilines is 1. The molecule has 1 N–H and O–H groups in total. The van der Waals surface area contributed by atoms with Crippen molar-refractivity contribution in [3.63, 3.8) is 0 Å². The lowest BCUT2D eigenvalue weighted by Gasteiger charge is -2.15. The van der Waals surface area contributed by atoms with Crippen LogP contribution in [0.3, 0.4) is 0 Å². The number of thioether (sulfide) groups is 1. The van der Waals surface area contributed by atoms with Crippen molar-refractivity contribution >= 4 is 60.3 Å². The molecule has 10 heteroatoms. The Morgan fingerprint density at radius 1 is 1.28 bits per heavy atom. The highest BCUT2D eigenvalue weighted by molar-refractivity contribution is 9.10. The minimum atomic E-state index is -0.324. The van der Waals surface area contributed by atoms with E-state index in [1.807, 2.05) is 60.0 Å². The van der Waals surface area contributed by atoms with E-state index < -0.39 is 0 Å². The molecule has 164 valence electrons. The number of rotatable bonds is 9. The number of ether oxygens (including phenoxy) is 1. The highest BCUT2D eigenvalue weighted by Crippen LogP contribution is 2.27. The van der Waals surface area contributed by atoms with Crippen LogP contribution in [0.15, 0.2) is 70.8 Å². The van der Waals surface area contributed by atoms with Gasteiger partial charge >= 0.3 is 0 Å². The van der Waals surface area contributed by atoms with Gasteiger partial charge < -0.3 is 10.1 Å². The van der Waals surface area contributed by atoms with Crippen LogP contribution in [-0.2, 0) is 11.3 Å². The molecule has 7 nitrogen and oxygen atoms in total. The first-order valence-electron chi connectivity index (χ1n) is 9.78. The van der Waals surface area contributed by atoms with E-state index in [4.69, 9.17) is 4.74 Å². The van der Waals surface area contributed by atoms with E-state index in [9.17, 15) is 4.79 Å². The van der Waals surface area contributed by atoms with Gasteiger partial charge in [-0.05, 0) is 43.3 Å². The molecular weight excluding hydrogens is 510 g/mol. The Morgan fingerprint density at radius 2 is 2.06 bits per heavy atom. The number of carbonyl (C=O) groups is 1. The summed E-state index contributed by atoms with van der Waals surface area (Å²) in [6.45, 7) is 6.25. The molecule has 0 saturated carbocycles. The average Bonchev–Trinajstić information content (AvgIpc) is 3.37. The predicted molar refractivity (Wildman–Crippen MR) is 132 cm³/mol. The van der Waals surface area contributed by atoms with Crippen LogP contribution in [0.1, 0.15) is 18.9 Å². The summed E-state index contributed by atoms with van der Waals surface area (Å²) in [6.07, 6.45) is 1.44. The molecule has 1 unspecified atom stereocenters. The van der Waals surface area contributed by atoms with E-state index in [1.54, 1.807) is 6.08 Å². The SMILES string of the molecule is C=CCn1c(SCC(=O)Nc2nc3ccccc3s2)nnc1C(C)Oc1ccc(Br)cc1. The fourth-order valence-corrected chi connectivity index (χ4v) is 4.89. The Hall–Kier alpha value is -2.69. The number of benzene rings is 2. The van der Waals surface area contributed by atoms with Gasteiger partial charge in [-0.3, -0.25) is 9.36 Å². The van der Waals surface area contributed by atoms with E-state index in [0.717, 1.165) is 20.4 Å². The summed E-state index contributed by atoms with van der Waals surface area (Å²) in [4.78, 5) is 16.9. The van der Waals surface area contributed by atoms with Crippen molar-refractivity contribution in [3.8, 4) is 5.75 Å². The number of fused-ring (bicyclic) bond motifs is 1. The Kier molecular flexibility index (Phi) is 7.23. The zero-order chi connectivity index (χ0) is 22.5. The predicted octanol–water partition coefficient (Wildman–Crippen LogP) is 5.71. The Bertz CT molecular complexity index is 1210. The summed E-state index contributed by atoms with van der Waals surface area (Å²) in [5, 5.41) is 12.7. The van der Waals surface area contributed by atoms with Crippen LogP contribution in [0.25, 0.3) is 10.2 Å². The lowest BCUT2D eigenvalue weighted by Crippen LogP contribution is -2.15. The van der Waals surface area contributed by atoms with Crippen LogP contribution >= 0.6 is 39.0 Å². The lowest BCUT2D eigenvalue weighted by molar-refractivity contribution is -0.113. The Labute approximate surface area is 202 Å². The third-order valence-electron chi connectivity index (χ3n) is 4.42. The van der Waals surface area contributed by atoms with Gasteiger partial charge in [-0.2, -0.15) is 0 Å². The van der Waals surface area contributed by atoms with Gasteiger partial charge in [0, 0.05) is 11.0 Å². The number of hydrogen-bond acceptors (Lipinski definition) is 7. The maximum Gasteiger partial charge on any atom is 0.236 e. The fourth-order valence-electron chi connectivity index (χ4n) is 2.99. The Balaban J connectivity index is 1.41. The number of halogens is 1. The van der Waals surface area contributed by atoms with E-state index in [1.165, 1.54) is 23.1 Å². The normalized spacial score (nSPS) is 11.9. The number of hydrogen-bond donors (Lipinski definition) is 1. The molecule has 1 amide bonds. The van der Waals surface area contributed by atoms with Crippen molar-refractivity contribution in [2.45, 2.75) is 24.7 Å². The third kappa shape index (κ3) is 5.37. The molecule has 0 bridgehead atoms. The van der Waals surface area contributed by atoms with E-state index in [-0.39, 0.29) is 17.8 Å². The van der Waals surface area contributed by atoms with Crippen molar-refractivity contribution in [1.82, 2.24) is 19.7 Å². The Morgan fingerprint density at radius 3 is 2.81 bits per heavy atom. The summed E-state index contributed by atoms with van der Waals surface area (Å²) in [7, 11) is 0. The van der Waals surface area contributed by atoms with Crippen LogP contribution in [0.2, 0.25) is 0 Å². The van der Waals surface area contributed by atoms with Crippen LogP contribution in [-0.4, -0.2) is 31.4 Å². The minimum absolute atomic E-state index is 0.150. The second-order valence-corrected chi connectivity index (χ2v) is 9.67. The zero-order valence-corrected chi connectivity index (χ0v) is 20.4. The second-order valence-electron chi connectivity index (χ2n) is 6.78. The number of nitrogens with one attached hydrogen (secondary N) is 1. The maximum atomic E-state index is 12.5. The van der Waals surface area contributed by atoms with Gasteiger partial charge in [-0.1, -0.05) is 57.2 Å². The summed E-state index contributed by atoms with van der Waals surface area (Å²) >= 11 is 6.18.